The minimum Gasteiger partial charge on any atom is -0.396 e. The summed E-state index contributed by atoms with van der Waals surface area (Å²) in [6.07, 6.45) is 6.64. The lowest BCUT2D eigenvalue weighted by atomic mass is 9.72. The van der Waals surface area contributed by atoms with Gasteiger partial charge < -0.3 is 15.7 Å². The third-order valence-electron chi connectivity index (χ3n) is 5.24. The van der Waals surface area contributed by atoms with Gasteiger partial charge in [-0.15, -0.1) is 0 Å². The van der Waals surface area contributed by atoms with Crippen molar-refractivity contribution in [3.8, 4) is 0 Å². The van der Waals surface area contributed by atoms with Crippen LogP contribution in [0.1, 0.15) is 45.4 Å². The minimum absolute atomic E-state index is 0.0875. The van der Waals surface area contributed by atoms with Crippen LogP contribution in [0.4, 0.5) is 0 Å². The fourth-order valence-corrected chi connectivity index (χ4v) is 4.72. The molecule has 0 amide bonds. The molecule has 0 radical (unpaired) electrons. The van der Waals surface area contributed by atoms with E-state index >= 15 is 0 Å². The number of nitrogens with zero attached hydrogens (tertiary/aromatic N) is 1. The molecule has 0 bridgehead atoms. The Kier molecular flexibility index (Phi) is 9.21. The molecule has 158 valence electrons. The molecule has 1 aliphatic rings. The van der Waals surface area contributed by atoms with Crippen LogP contribution in [-0.4, -0.2) is 52.3 Å². The number of aliphatic imine (C=N–C) groups is 1. The standard InChI is InChI=1S/C20H34N4O3S/c1-2-21-19(23-17-20(13-16-25)11-7-4-8-12-20)22-14-15-24-28(26,27)18-9-5-3-6-10-18/h3,5-6,9-10,24-25H,2,4,7-8,11-17H2,1H3,(H2,21,22,23). The Morgan fingerprint density at radius 3 is 2.46 bits per heavy atom. The summed E-state index contributed by atoms with van der Waals surface area (Å²) >= 11 is 0. The SMILES string of the molecule is CCNC(=NCC1(CCO)CCCCC1)NCCNS(=O)(=O)c1ccccc1. The molecular weight excluding hydrogens is 376 g/mol. The van der Waals surface area contributed by atoms with Crippen LogP contribution in [0.3, 0.4) is 0 Å². The molecule has 8 heteroatoms. The van der Waals surface area contributed by atoms with Crippen LogP contribution < -0.4 is 15.4 Å². The van der Waals surface area contributed by atoms with E-state index < -0.39 is 10.0 Å². The summed E-state index contributed by atoms with van der Waals surface area (Å²) in [5.74, 6) is 0.685. The highest BCUT2D eigenvalue weighted by Crippen LogP contribution is 2.39. The normalized spacial score (nSPS) is 17.3. The Hall–Kier alpha value is -1.64. The number of sulfonamides is 1. The van der Waals surface area contributed by atoms with Crippen molar-refractivity contribution < 1.29 is 13.5 Å². The van der Waals surface area contributed by atoms with Crippen LogP contribution in [-0.2, 0) is 10.0 Å². The van der Waals surface area contributed by atoms with Crippen molar-refractivity contribution in [1.82, 2.24) is 15.4 Å². The third kappa shape index (κ3) is 7.07. The highest BCUT2D eigenvalue weighted by atomic mass is 32.2. The zero-order valence-electron chi connectivity index (χ0n) is 16.8. The van der Waals surface area contributed by atoms with E-state index in [1.165, 1.54) is 19.3 Å². The highest BCUT2D eigenvalue weighted by Gasteiger charge is 2.31. The number of aliphatic hydroxyl groups is 1. The molecule has 2 rings (SSSR count). The van der Waals surface area contributed by atoms with Gasteiger partial charge >= 0.3 is 0 Å². The smallest absolute Gasteiger partial charge is 0.240 e. The third-order valence-corrected chi connectivity index (χ3v) is 6.71. The largest absolute Gasteiger partial charge is 0.396 e. The highest BCUT2D eigenvalue weighted by molar-refractivity contribution is 7.89. The van der Waals surface area contributed by atoms with E-state index in [1.807, 2.05) is 6.92 Å². The second-order valence-corrected chi connectivity index (χ2v) is 9.13. The van der Waals surface area contributed by atoms with E-state index in [9.17, 15) is 13.5 Å². The Labute approximate surface area is 169 Å². The first-order valence-corrected chi connectivity index (χ1v) is 11.7. The van der Waals surface area contributed by atoms with Crippen molar-refractivity contribution in [2.45, 2.75) is 50.3 Å². The van der Waals surface area contributed by atoms with Crippen molar-refractivity contribution in [3.05, 3.63) is 30.3 Å². The summed E-state index contributed by atoms with van der Waals surface area (Å²) in [7, 11) is -3.50. The van der Waals surface area contributed by atoms with Crippen molar-refractivity contribution in [2.24, 2.45) is 10.4 Å². The molecular formula is C20H34N4O3S. The number of hydrogen-bond donors (Lipinski definition) is 4. The molecule has 1 aromatic carbocycles. The molecule has 7 nitrogen and oxygen atoms in total. The maximum atomic E-state index is 12.2. The second kappa shape index (κ2) is 11.4. The Balaban J connectivity index is 1.87. The quantitative estimate of drug-likeness (QED) is 0.268. The van der Waals surface area contributed by atoms with E-state index in [0.717, 1.165) is 25.8 Å². The molecule has 4 N–H and O–H groups in total. The molecule has 1 saturated carbocycles. The van der Waals surface area contributed by atoms with Gasteiger partial charge in [-0.05, 0) is 43.7 Å². The van der Waals surface area contributed by atoms with Gasteiger partial charge in [0.1, 0.15) is 0 Å². The lowest BCUT2D eigenvalue weighted by molar-refractivity contribution is 0.137. The van der Waals surface area contributed by atoms with Crippen molar-refractivity contribution in [1.29, 1.82) is 0 Å². The zero-order valence-corrected chi connectivity index (χ0v) is 17.6. The Morgan fingerprint density at radius 1 is 1.11 bits per heavy atom. The van der Waals surface area contributed by atoms with E-state index in [-0.39, 0.29) is 23.5 Å². The molecule has 0 aromatic heterocycles. The van der Waals surface area contributed by atoms with Gasteiger partial charge in [-0.25, -0.2) is 13.1 Å². The monoisotopic (exact) mass is 410 g/mol. The molecule has 0 saturated heterocycles. The average Bonchev–Trinajstić information content (AvgIpc) is 2.71. The van der Waals surface area contributed by atoms with Crippen LogP contribution in [0.5, 0.6) is 0 Å². The van der Waals surface area contributed by atoms with E-state index in [0.29, 0.717) is 19.0 Å². The van der Waals surface area contributed by atoms with Crippen LogP contribution in [0.15, 0.2) is 40.2 Å². The van der Waals surface area contributed by atoms with Gasteiger partial charge in [0, 0.05) is 32.8 Å². The number of nitrogens with one attached hydrogen (secondary N) is 3. The summed E-state index contributed by atoms with van der Waals surface area (Å²) in [5, 5.41) is 15.9. The molecule has 28 heavy (non-hydrogen) atoms. The maximum absolute atomic E-state index is 12.2. The van der Waals surface area contributed by atoms with Gasteiger partial charge in [0.05, 0.1) is 4.90 Å². The van der Waals surface area contributed by atoms with Crippen LogP contribution >= 0.6 is 0 Å². The Morgan fingerprint density at radius 2 is 1.82 bits per heavy atom. The zero-order chi connectivity index (χ0) is 20.3. The van der Waals surface area contributed by atoms with E-state index in [1.54, 1.807) is 30.3 Å². The molecule has 0 aliphatic heterocycles. The van der Waals surface area contributed by atoms with Crippen LogP contribution in [0.25, 0.3) is 0 Å². The number of benzene rings is 1. The van der Waals surface area contributed by atoms with Crippen LogP contribution in [0.2, 0.25) is 0 Å². The molecule has 1 fully saturated rings. The van der Waals surface area contributed by atoms with Gasteiger partial charge in [0.25, 0.3) is 0 Å². The summed E-state index contributed by atoms with van der Waals surface area (Å²) < 4.78 is 27.1. The van der Waals surface area contributed by atoms with Crippen LogP contribution in [0, 0.1) is 5.41 Å². The molecule has 0 unspecified atom stereocenters. The predicted molar refractivity (Wildman–Crippen MR) is 113 cm³/mol. The lowest BCUT2D eigenvalue weighted by Crippen LogP contribution is -2.42. The Bertz CT molecular complexity index is 696. The molecule has 0 spiro atoms. The summed E-state index contributed by atoms with van der Waals surface area (Å²) in [6.45, 7) is 4.31. The first-order chi connectivity index (χ1) is 13.5. The van der Waals surface area contributed by atoms with Crippen molar-refractivity contribution in [3.63, 3.8) is 0 Å². The summed E-state index contributed by atoms with van der Waals surface area (Å²) in [6, 6.07) is 8.35. The maximum Gasteiger partial charge on any atom is 0.240 e. The first kappa shape index (κ1) is 22.6. The summed E-state index contributed by atoms with van der Waals surface area (Å²) in [4.78, 5) is 4.99. The topological polar surface area (TPSA) is 103 Å². The lowest BCUT2D eigenvalue weighted by Gasteiger charge is -2.35. The minimum atomic E-state index is -3.50. The van der Waals surface area contributed by atoms with Gasteiger partial charge in [-0.3, -0.25) is 4.99 Å². The summed E-state index contributed by atoms with van der Waals surface area (Å²) in [5.41, 5.74) is 0.0875. The fraction of sp³-hybridized carbons (Fsp3) is 0.650. The average molecular weight is 411 g/mol. The molecule has 1 aliphatic carbocycles. The number of hydrogen-bond acceptors (Lipinski definition) is 4. The van der Waals surface area contributed by atoms with Gasteiger partial charge in [0.15, 0.2) is 5.96 Å². The van der Waals surface area contributed by atoms with Crippen molar-refractivity contribution in [2.75, 3.05) is 32.8 Å². The number of guanidine groups is 1. The van der Waals surface area contributed by atoms with E-state index in [4.69, 9.17) is 4.99 Å². The predicted octanol–water partition coefficient (Wildman–Crippen LogP) is 1.85. The number of rotatable bonds is 10. The molecule has 0 heterocycles. The van der Waals surface area contributed by atoms with Gasteiger partial charge in [-0.1, -0.05) is 37.5 Å². The van der Waals surface area contributed by atoms with E-state index in [2.05, 4.69) is 15.4 Å². The molecule has 1 aromatic rings. The van der Waals surface area contributed by atoms with Gasteiger partial charge in [-0.2, -0.15) is 0 Å². The fourth-order valence-electron chi connectivity index (χ4n) is 3.66. The second-order valence-electron chi connectivity index (χ2n) is 7.37. The molecule has 0 atom stereocenters. The van der Waals surface area contributed by atoms with Crippen molar-refractivity contribution >= 4 is 16.0 Å². The van der Waals surface area contributed by atoms with Gasteiger partial charge in [0.2, 0.25) is 10.0 Å². The number of aliphatic hydroxyl groups excluding tert-OH is 1. The first-order valence-electron chi connectivity index (χ1n) is 10.2.